The molecule has 1 saturated heterocycles. The third-order valence-electron chi connectivity index (χ3n) is 4.86. The molecule has 2 aromatic rings. The Morgan fingerprint density at radius 3 is 2.54 bits per heavy atom. The second-order valence-corrected chi connectivity index (χ2v) is 8.65. The maximum atomic E-state index is 13.2. The molecule has 0 radical (unpaired) electrons. The number of methoxy groups -OCH3 is 1. The number of sulfonamides is 1. The highest BCUT2D eigenvalue weighted by Gasteiger charge is 2.33. The first kappa shape index (κ1) is 20.3. The van der Waals surface area contributed by atoms with Gasteiger partial charge in [-0.3, -0.25) is 4.79 Å². The molecule has 0 spiro atoms. The van der Waals surface area contributed by atoms with Crippen molar-refractivity contribution < 1.29 is 22.3 Å². The maximum absolute atomic E-state index is 13.2. The van der Waals surface area contributed by atoms with Crippen LogP contribution in [0.3, 0.4) is 0 Å². The highest BCUT2D eigenvalue weighted by molar-refractivity contribution is 7.89. The minimum atomic E-state index is -3.81. The second-order valence-electron chi connectivity index (χ2n) is 6.79. The number of hydrogen-bond donors (Lipinski definition) is 1. The summed E-state index contributed by atoms with van der Waals surface area (Å²) in [5.41, 5.74) is 0.588. The number of piperidine rings is 1. The van der Waals surface area contributed by atoms with E-state index in [9.17, 15) is 17.6 Å². The van der Waals surface area contributed by atoms with E-state index < -0.39 is 21.7 Å². The quantitative estimate of drug-likeness (QED) is 0.822. The molecular formula is C20H23FN2O4S. The number of carbonyl (C=O) groups is 1. The van der Waals surface area contributed by atoms with Gasteiger partial charge in [0.15, 0.2) is 0 Å². The zero-order chi connectivity index (χ0) is 20.3. The van der Waals surface area contributed by atoms with Crippen molar-refractivity contribution in [2.75, 3.05) is 19.0 Å². The van der Waals surface area contributed by atoms with E-state index in [1.807, 2.05) is 6.92 Å². The topological polar surface area (TPSA) is 75.7 Å². The summed E-state index contributed by atoms with van der Waals surface area (Å²) in [6, 6.07) is 9.52. The molecule has 1 heterocycles. The van der Waals surface area contributed by atoms with Gasteiger partial charge in [0.2, 0.25) is 10.0 Å². The van der Waals surface area contributed by atoms with Gasteiger partial charge in [0.1, 0.15) is 16.5 Å². The molecule has 0 aromatic heterocycles. The minimum Gasteiger partial charge on any atom is -0.495 e. The standard InChI is InChI=1S/C20H23FN2O4S/c1-14-5-3-4-12-23(14)28(25,26)19-13-15(6-11-18(19)27-2)20(24)22-17-9-7-16(21)8-10-17/h6-11,13-14H,3-5,12H2,1-2H3,(H,22,24). The number of ether oxygens (including phenoxy) is 1. The number of hydrogen-bond acceptors (Lipinski definition) is 4. The molecule has 0 bridgehead atoms. The van der Waals surface area contributed by atoms with Crippen molar-refractivity contribution >= 4 is 21.6 Å². The van der Waals surface area contributed by atoms with E-state index in [0.717, 1.165) is 19.3 Å². The minimum absolute atomic E-state index is 0.0319. The third-order valence-corrected chi connectivity index (χ3v) is 6.89. The summed E-state index contributed by atoms with van der Waals surface area (Å²) in [5.74, 6) is -0.708. The average molecular weight is 406 g/mol. The van der Waals surface area contributed by atoms with Gasteiger partial charge >= 0.3 is 0 Å². The van der Waals surface area contributed by atoms with Crippen molar-refractivity contribution in [3.05, 3.63) is 53.8 Å². The summed E-state index contributed by atoms with van der Waals surface area (Å²) in [6.07, 6.45) is 2.59. The molecule has 0 aliphatic carbocycles. The van der Waals surface area contributed by atoms with Crippen molar-refractivity contribution in [2.24, 2.45) is 0 Å². The number of amides is 1. The largest absolute Gasteiger partial charge is 0.495 e. The monoisotopic (exact) mass is 406 g/mol. The van der Waals surface area contributed by atoms with Crippen LogP contribution in [0.25, 0.3) is 0 Å². The van der Waals surface area contributed by atoms with Gasteiger partial charge in [0, 0.05) is 23.8 Å². The van der Waals surface area contributed by atoms with Gasteiger partial charge in [-0.1, -0.05) is 6.42 Å². The van der Waals surface area contributed by atoms with Crippen LogP contribution in [0.2, 0.25) is 0 Å². The molecule has 28 heavy (non-hydrogen) atoms. The molecule has 2 aromatic carbocycles. The molecule has 3 rings (SSSR count). The normalized spacial score (nSPS) is 17.9. The first-order valence-electron chi connectivity index (χ1n) is 9.09. The Bertz CT molecular complexity index is 961. The Kier molecular flexibility index (Phi) is 6.00. The lowest BCUT2D eigenvalue weighted by atomic mass is 10.1. The van der Waals surface area contributed by atoms with E-state index in [0.29, 0.717) is 12.2 Å². The predicted octanol–water partition coefficient (Wildman–Crippen LogP) is 3.65. The Balaban J connectivity index is 1.93. The highest BCUT2D eigenvalue weighted by Crippen LogP contribution is 2.31. The van der Waals surface area contributed by atoms with E-state index in [4.69, 9.17) is 4.74 Å². The fourth-order valence-electron chi connectivity index (χ4n) is 3.31. The van der Waals surface area contributed by atoms with Crippen LogP contribution in [0.15, 0.2) is 47.4 Å². The van der Waals surface area contributed by atoms with Crippen LogP contribution in [0.4, 0.5) is 10.1 Å². The molecule has 1 atom stereocenters. The summed E-state index contributed by atoms with van der Waals surface area (Å²) >= 11 is 0. The van der Waals surface area contributed by atoms with Gasteiger partial charge in [0.25, 0.3) is 5.91 Å². The van der Waals surface area contributed by atoms with Crippen LogP contribution in [0.1, 0.15) is 36.5 Å². The Morgan fingerprint density at radius 1 is 1.18 bits per heavy atom. The molecule has 1 amide bonds. The van der Waals surface area contributed by atoms with Crippen molar-refractivity contribution in [2.45, 2.75) is 37.1 Å². The molecule has 0 saturated carbocycles. The van der Waals surface area contributed by atoms with Gasteiger partial charge < -0.3 is 10.1 Å². The van der Waals surface area contributed by atoms with Gasteiger partial charge in [-0.15, -0.1) is 0 Å². The summed E-state index contributed by atoms with van der Waals surface area (Å²) in [5, 5.41) is 2.64. The molecule has 1 aliphatic heterocycles. The fraction of sp³-hybridized carbons (Fsp3) is 0.350. The first-order chi connectivity index (χ1) is 13.3. The summed E-state index contributed by atoms with van der Waals surface area (Å²) in [7, 11) is -2.41. The van der Waals surface area contributed by atoms with Crippen molar-refractivity contribution in [3.8, 4) is 5.75 Å². The molecule has 1 aliphatic rings. The van der Waals surface area contributed by atoms with Crippen LogP contribution >= 0.6 is 0 Å². The van der Waals surface area contributed by atoms with E-state index in [1.165, 1.54) is 53.9 Å². The number of nitrogens with one attached hydrogen (secondary N) is 1. The molecule has 6 nitrogen and oxygen atoms in total. The van der Waals surface area contributed by atoms with Crippen molar-refractivity contribution in [1.29, 1.82) is 0 Å². The maximum Gasteiger partial charge on any atom is 0.255 e. The lowest BCUT2D eigenvalue weighted by molar-refractivity contribution is 0.102. The molecule has 1 N–H and O–H groups in total. The Hall–Kier alpha value is -2.45. The average Bonchev–Trinajstić information content (AvgIpc) is 2.69. The number of nitrogens with zero attached hydrogens (tertiary/aromatic N) is 1. The van der Waals surface area contributed by atoms with Crippen LogP contribution in [0.5, 0.6) is 5.75 Å². The van der Waals surface area contributed by atoms with Crippen LogP contribution in [-0.2, 0) is 10.0 Å². The second kappa shape index (κ2) is 8.28. The summed E-state index contributed by atoms with van der Waals surface area (Å²) in [6.45, 7) is 2.33. The van der Waals surface area contributed by atoms with E-state index in [2.05, 4.69) is 5.32 Å². The summed E-state index contributed by atoms with van der Waals surface area (Å²) < 4.78 is 46.2. The van der Waals surface area contributed by atoms with E-state index >= 15 is 0 Å². The molecular weight excluding hydrogens is 383 g/mol. The number of benzene rings is 2. The number of carbonyl (C=O) groups excluding carboxylic acids is 1. The van der Waals surface area contributed by atoms with Crippen LogP contribution in [0, 0.1) is 5.82 Å². The number of anilines is 1. The number of rotatable bonds is 5. The Labute approximate surface area is 164 Å². The van der Waals surface area contributed by atoms with Gasteiger partial charge in [-0.2, -0.15) is 4.31 Å². The van der Waals surface area contributed by atoms with Crippen LogP contribution in [-0.4, -0.2) is 38.3 Å². The summed E-state index contributed by atoms with van der Waals surface area (Å²) in [4.78, 5) is 12.5. The lowest BCUT2D eigenvalue weighted by Gasteiger charge is -2.32. The fourth-order valence-corrected chi connectivity index (χ4v) is 5.19. The molecule has 8 heteroatoms. The molecule has 1 fully saturated rings. The zero-order valence-electron chi connectivity index (χ0n) is 15.8. The smallest absolute Gasteiger partial charge is 0.255 e. The Morgan fingerprint density at radius 2 is 1.89 bits per heavy atom. The molecule has 1 unspecified atom stereocenters. The van der Waals surface area contributed by atoms with Gasteiger partial charge in [-0.05, 0) is 62.2 Å². The highest BCUT2D eigenvalue weighted by atomic mass is 32.2. The SMILES string of the molecule is COc1ccc(C(=O)Nc2ccc(F)cc2)cc1S(=O)(=O)N1CCCCC1C. The van der Waals surface area contributed by atoms with E-state index in [-0.39, 0.29) is 22.3 Å². The third kappa shape index (κ3) is 4.18. The van der Waals surface area contributed by atoms with Crippen molar-refractivity contribution in [1.82, 2.24) is 4.31 Å². The zero-order valence-corrected chi connectivity index (χ0v) is 16.6. The lowest BCUT2D eigenvalue weighted by Crippen LogP contribution is -2.42. The van der Waals surface area contributed by atoms with Gasteiger partial charge in [0.05, 0.1) is 7.11 Å². The van der Waals surface area contributed by atoms with E-state index in [1.54, 1.807) is 0 Å². The predicted molar refractivity (Wildman–Crippen MR) is 105 cm³/mol. The number of halogens is 1. The van der Waals surface area contributed by atoms with Gasteiger partial charge in [-0.25, -0.2) is 12.8 Å². The molecule has 150 valence electrons. The van der Waals surface area contributed by atoms with Crippen molar-refractivity contribution in [3.63, 3.8) is 0 Å². The first-order valence-corrected chi connectivity index (χ1v) is 10.5. The van der Waals surface area contributed by atoms with Crippen LogP contribution < -0.4 is 10.1 Å².